The fourth-order valence-electron chi connectivity index (χ4n) is 8.65. The predicted molar refractivity (Wildman–Crippen MR) is 206 cm³/mol. The van der Waals surface area contributed by atoms with Gasteiger partial charge in [-0.05, 0) is 89.6 Å². The number of aromatic nitrogens is 3. The minimum absolute atomic E-state index is 0.0195. The SMILES string of the molecule is COC(N[C@@H](C)C(O)OC(C)C)[PH](=O)Oc1cc(-c2nc(Cl)c3c(N4CC5CC(C4)N5)nc(OCC45CCCN4CCC5)nc3c2F)c2c(F)c(F)ccc2c1. The van der Waals surface area contributed by atoms with E-state index >= 15 is 8.78 Å². The zero-order chi connectivity index (χ0) is 39.5. The van der Waals surface area contributed by atoms with Crippen molar-refractivity contribution in [2.24, 2.45) is 0 Å². The topological polar surface area (TPSA) is 143 Å². The van der Waals surface area contributed by atoms with Gasteiger partial charge in [0.25, 0.3) is 8.03 Å². The molecule has 56 heavy (non-hydrogen) atoms. The van der Waals surface area contributed by atoms with E-state index in [2.05, 4.69) is 25.5 Å². The van der Waals surface area contributed by atoms with Crippen molar-refractivity contribution in [3.63, 3.8) is 0 Å². The molecule has 5 aliphatic rings. The summed E-state index contributed by atoms with van der Waals surface area (Å²) in [6, 6.07) is 4.54. The van der Waals surface area contributed by atoms with Gasteiger partial charge in [0.05, 0.1) is 23.1 Å². The highest BCUT2D eigenvalue weighted by molar-refractivity contribution is 7.40. The van der Waals surface area contributed by atoms with Gasteiger partial charge in [0, 0.05) is 43.2 Å². The molecule has 5 aliphatic heterocycles. The standard InChI is InChI=1S/C38H46ClF3N7O6P/c1-19(2)54-35(50)20(3)43-37(52-4)56(51)55-24-13-21-7-8-26(40)29(41)27(21)25(15-24)31-30(42)32-28(33(39)45-31)34(48-16-22-14-23(17-48)44-22)47-36(46-32)53-18-38-9-5-11-49(38)12-6-10-38/h7-8,13,15,19-20,22-23,35,37,43-44,50,56H,5-6,9-12,14,16-18H2,1-4H3/t20-,22?,23?,35?,37?/m0/s1. The van der Waals surface area contributed by atoms with Crippen molar-refractivity contribution >= 4 is 47.1 Å². The number of pyridine rings is 1. The number of ether oxygens (including phenoxy) is 3. The van der Waals surface area contributed by atoms with E-state index in [-0.39, 0.29) is 67.9 Å². The number of halogens is 4. The predicted octanol–water partition coefficient (Wildman–Crippen LogP) is 5.98. The first-order valence-electron chi connectivity index (χ1n) is 19.1. The maximum absolute atomic E-state index is 17.3. The van der Waals surface area contributed by atoms with Gasteiger partial charge in [-0.15, -0.1) is 0 Å². The molecule has 18 heteroatoms. The summed E-state index contributed by atoms with van der Waals surface area (Å²) in [6.45, 7) is 8.68. The maximum Gasteiger partial charge on any atom is 0.319 e. The van der Waals surface area contributed by atoms with Crippen molar-refractivity contribution in [1.29, 1.82) is 0 Å². The van der Waals surface area contributed by atoms with Gasteiger partial charge in [0.15, 0.2) is 29.7 Å². The molecule has 0 saturated carbocycles. The molecule has 13 nitrogen and oxygen atoms in total. The van der Waals surface area contributed by atoms with Gasteiger partial charge in [-0.2, -0.15) is 9.97 Å². The number of hydrogen-bond donors (Lipinski definition) is 3. The van der Waals surface area contributed by atoms with Crippen LogP contribution in [0.25, 0.3) is 32.9 Å². The van der Waals surface area contributed by atoms with Crippen molar-refractivity contribution in [1.82, 2.24) is 30.5 Å². The Labute approximate surface area is 328 Å². The summed E-state index contributed by atoms with van der Waals surface area (Å²) in [5.74, 6) is -4.26. The quantitative estimate of drug-likeness (QED) is 0.0781. The van der Waals surface area contributed by atoms with Crippen LogP contribution in [0.1, 0.15) is 52.9 Å². The number of anilines is 1. The third-order valence-corrected chi connectivity index (χ3v) is 12.9. The first-order chi connectivity index (χ1) is 26.8. The fraction of sp³-hybridized carbons (Fsp3) is 0.553. The van der Waals surface area contributed by atoms with E-state index in [1.807, 2.05) is 4.90 Å². The number of nitrogens with zero attached hydrogens (tertiary/aromatic N) is 5. The van der Waals surface area contributed by atoms with Crippen molar-refractivity contribution in [2.75, 3.05) is 44.8 Å². The van der Waals surface area contributed by atoms with E-state index < -0.39 is 49.5 Å². The normalized spacial score (nSPS) is 22.6. The number of benzene rings is 2. The summed E-state index contributed by atoms with van der Waals surface area (Å²) in [4.78, 5) is 18.3. The van der Waals surface area contributed by atoms with Gasteiger partial charge >= 0.3 is 6.01 Å². The lowest BCUT2D eigenvalue weighted by atomic mass is 9.91. The van der Waals surface area contributed by atoms with Gasteiger partial charge in [-0.3, -0.25) is 14.8 Å². The Balaban J connectivity index is 1.20. The number of fused-ring (bicyclic) bond motifs is 5. The molecule has 2 aromatic carbocycles. The molecule has 3 N–H and O–H groups in total. The number of aliphatic hydroxyl groups is 1. The molecule has 0 aliphatic carbocycles. The largest absolute Gasteiger partial charge is 0.461 e. The number of aliphatic hydroxyl groups excluding tert-OH is 1. The Bertz CT molecular complexity index is 2150. The van der Waals surface area contributed by atoms with Gasteiger partial charge < -0.3 is 34.1 Å². The smallest absolute Gasteiger partial charge is 0.319 e. The lowest BCUT2D eigenvalue weighted by Crippen LogP contribution is -2.67. The summed E-state index contributed by atoms with van der Waals surface area (Å²) < 4.78 is 84.4. The van der Waals surface area contributed by atoms with Gasteiger partial charge in [-0.1, -0.05) is 17.7 Å². The average molecular weight is 820 g/mol. The average Bonchev–Trinajstić information content (AvgIpc) is 3.75. The van der Waals surface area contributed by atoms with E-state index in [4.69, 9.17) is 35.3 Å². The van der Waals surface area contributed by atoms with Crippen LogP contribution < -0.4 is 24.8 Å². The molecule has 0 radical (unpaired) electrons. The molecule has 5 saturated heterocycles. The molecule has 302 valence electrons. The minimum Gasteiger partial charge on any atom is -0.461 e. The van der Waals surface area contributed by atoms with Crippen LogP contribution in [-0.2, 0) is 14.0 Å². The minimum atomic E-state index is -3.18. The van der Waals surface area contributed by atoms with E-state index in [0.717, 1.165) is 51.3 Å². The Kier molecular flexibility index (Phi) is 11.1. The van der Waals surface area contributed by atoms with E-state index in [0.29, 0.717) is 25.5 Å². The van der Waals surface area contributed by atoms with Gasteiger partial charge in [-0.25, -0.2) is 18.2 Å². The van der Waals surface area contributed by atoms with Crippen LogP contribution in [-0.4, -0.2) is 107 Å². The van der Waals surface area contributed by atoms with Crippen LogP contribution in [0.2, 0.25) is 5.15 Å². The van der Waals surface area contributed by atoms with Crippen molar-refractivity contribution in [2.45, 2.75) is 94.9 Å². The molecule has 5 unspecified atom stereocenters. The maximum atomic E-state index is 17.3. The second kappa shape index (κ2) is 15.8. The zero-order valence-electron chi connectivity index (χ0n) is 31.6. The zero-order valence-corrected chi connectivity index (χ0v) is 33.3. The van der Waals surface area contributed by atoms with E-state index in [1.165, 1.54) is 25.3 Å². The number of hydrogen-bond acceptors (Lipinski definition) is 13. The Morgan fingerprint density at radius 2 is 1.77 bits per heavy atom. The second-order valence-electron chi connectivity index (χ2n) is 15.5. The van der Waals surface area contributed by atoms with Crippen LogP contribution in [0.5, 0.6) is 11.8 Å². The fourth-order valence-corrected chi connectivity index (χ4v) is 9.95. The summed E-state index contributed by atoms with van der Waals surface area (Å²) in [5.41, 5.74) is -0.960. The third-order valence-electron chi connectivity index (χ3n) is 11.4. The number of rotatable bonds is 14. The molecule has 5 fully saturated rings. The van der Waals surface area contributed by atoms with Crippen LogP contribution in [0.4, 0.5) is 19.0 Å². The molecule has 0 spiro atoms. The summed E-state index contributed by atoms with van der Waals surface area (Å²) in [5, 5.41) is 16.6. The summed E-state index contributed by atoms with van der Waals surface area (Å²) in [7, 11) is -1.87. The number of methoxy groups -OCH3 is 1. The molecular weight excluding hydrogens is 774 g/mol. The van der Waals surface area contributed by atoms with Crippen LogP contribution >= 0.6 is 19.6 Å². The van der Waals surface area contributed by atoms with Crippen LogP contribution in [0.15, 0.2) is 24.3 Å². The summed E-state index contributed by atoms with van der Waals surface area (Å²) >= 11 is 6.93. The first-order valence-corrected chi connectivity index (χ1v) is 20.8. The molecule has 2 aromatic heterocycles. The van der Waals surface area contributed by atoms with E-state index in [1.54, 1.807) is 20.8 Å². The monoisotopic (exact) mass is 819 g/mol. The molecule has 4 aromatic rings. The molecule has 7 heterocycles. The molecule has 9 rings (SSSR count). The second-order valence-corrected chi connectivity index (χ2v) is 17.2. The number of piperidine rings is 1. The van der Waals surface area contributed by atoms with Crippen molar-refractivity contribution < 1.29 is 41.6 Å². The molecule has 0 amide bonds. The van der Waals surface area contributed by atoms with E-state index in [9.17, 15) is 14.1 Å². The molecule has 2 bridgehead atoms. The Morgan fingerprint density at radius 3 is 2.45 bits per heavy atom. The Hall–Kier alpha value is -3.34. The number of nitrogens with one attached hydrogen (secondary N) is 2. The first kappa shape index (κ1) is 39.5. The lowest BCUT2D eigenvalue weighted by Gasteiger charge is -2.48. The highest BCUT2D eigenvalue weighted by atomic mass is 35.5. The summed E-state index contributed by atoms with van der Waals surface area (Å²) in [6.07, 6.45) is 3.59. The van der Waals surface area contributed by atoms with Crippen LogP contribution in [0.3, 0.4) is 0 Å². The number of piperazine rings is 1. The molecule has 6 atom stereocenters. The van der Waals surface area contributed by atoms with Gasteiger partial charge in [0.1, 0.15) is 34.5 Å². The van der Waals surface area contributed by atoms with Crippen molar-refractivity contribution in [3.05, 3.63) is 46.9 Å². The Morgan fingerprint density at radius 1 is 1.05 bits per heavy atom. The van der Waals surface area contributed by atoms with Crippen LogP contribution in [0, 0.1) is 17.5 Å². The lowest BCUT2D eigenvalue weighted by molar-refractivity contribution is -0.144. The highest BCUT2D eigenvalue weighted by Gasteiger charge is 2.45. The van der Waals surface area contributed by atoms with Crippen molar-refractivity contribution in [3.8, 4) is 23.0 Å². The highest BCUT2D eigenvalue weighted by Crippen LogP contribution is 2.44. The molecular formula is C38H46ClF3N7O6P. The third kappa shape index (κ3) is 7.43. The van der Waals surface area contributed by atoms with Gasteiger partial charge in [0.2, 0.25) is 0 Å².